The predicted octanol–water partition coefficient (Wildman–Crippen LogP) is 2.30. The Morgan fingerprint density at radius 2 is 1.92 bits per heavy atom. The van der Waals surface area contributed by atoms with Crippen LogP contribution >= 0.6 is 0 Å². The van der Waals surface area contributed by atoms with Gasteiger partial charge in [0, 0.05) is 17.5 Å². The third-order valence-electron chi connectivity index (χ3n) is 4.51. The second-order valence-corrected chi connectivity index (χ2v) is 7.55. The molecule has 136 valence electrons. The van der Waals surface area contributed by atoms with Crippen LogP contribution in [0.3, 0.4) is 0 Å². The van der Waals surface area contributed by atoms with Crippen molar-refractivity contribution in [2.45, 2.75) is 18.7 Å². The zero-order chi connectivity index (χ0) is 18.3. The van der Waals surface area contributed by atoms with Crippen LogP contribution in [0.25, 0.3) is 0 Å². The highest BCUT2D eigenvalue weighted by molar-refractivity contribution is 7.84. The highest BCUT2D eigenvalue weighted by atomic mass is 32.2. The van der Waals surface area contributed by atoms with Gasteiger partial charge in [-0.1, -0.05) is 18.2 Å². The molecule has 0 radical (unpaired) electrons. The summed E-state index contributed by atoms with van der Waals surface area (Å²) in [6.45, 7) is 0.128. The summed E-state index contributed by atoms with van der Waals surface area (Å²) < 4.78 is 42.2. The number of benzene rings is 2. The number of nitrogens with zero attached hydrogens (tertiary/aromatic N) is 1. The average molecular weight is 375 g/mol. The van der Waals surface area contributed by atoms with E-state index in [0.717, 1.165) is 4.31 Å². The van der Waals surface area contributed by atoms with Gasteiger partial charge in [-0.05, 0) is 30.3 Å². The van der Waals surface area contributed by atoms with E-state index in [2.05, 4.69) is 0 Å². The van der Waals surface area contributed by atoms with E-state index in [1.165, 1.54) is 0 Å². The predicted molar refractivity (Wildman–Crippen MR) is 92.3 cm³/mol. The van der Waals surface area contributed by atoms with Gasteiger partial charge in [0.05, 0.1) is 19.8 Å². The maximum atomic E-state index is 12.6. The zero-order valence-electron chi connectivity index (χ0n) is 14.0. The fourth-order valence-electron chi connectivity index (χ4n) is 3.24. The molecule has 0 aliphatic carbocycles. The summed E-state index contributed by atoms with van der Waals surface area (Å²) in [5.74, 6) is 0.737. The number of rotatable bonds is 4. The summed E-state index contributed by atoms with van der Waals surface area (Å²) in [7, 11) is -2.48. The summed E-state index contributed by atoms with van der Waals surface area (Å²) in [6, 6.07) is 12.9. The zero-order valence-corrected chi connectivity index (χ0v) is 14.8. The van der Waals surface area contributed by atoms with E-state index in [9.17, 15) is 13.2 Å². The first-order chi connectivity index (χ1) is 12.5. The van der Waals surface area contributed by atoms with Crippen molar-refractivity contribution in [2.24, 2.45) is 0 Å². The molecule has 0 bridgehead atoms. The first kappa shape index (κ1) is 17.0. The van der Waals surface area contributed by atoms with Crippen LogP contribution in [0.1, 0.15) is 28.6 Å². The van der Waals surface area contributed by atoms with Crippen LogP contribution in [0.4, 0.5) is 0 Å². The third-order valence-corrected chi connectivity index (χ3v) is 5.91. The van der Waals surface area contributed by atoms with Crippen LogP contribution < -0.4 is 8.92 Å². The second-order valence-electron chi connectivity index (χ2n) is 6.10. The van der Waals surface area contributed by atoms with Crippen molar-refractivity contribution in [1.29, 1.82) is 0 Å². The van der Waals surface area contributed by atoms with Gasteiger partial charge in [-0.25, -0.2) is 0 Å². The molecule has 0 amide bonds. The molecule has 1 saturated heterocycles. The largest absolute Gasteiger partial charge is 0.497 e. The molecule has 2 aromatic carbocycles. The number of ether oxygens (including phenoxy) is 2. The highest BCUT2D eigenvalue weighted by Crippen LogP contribution is 2.43. The molecule has 2 atom stereocenters. The van der Waals surface area contributed by atoms with Crippen LogP contribution in [0.15, 0.2) is 48.5 Å². The van der Waals surface area contributed by atoms with Gasteiger partial charge in [0.25, 0.3) is 0 Å². The fraction of sp³-hybridized carbons (Fsp3) is 0.278. The molecule has 2 aliphatic heterocycles. The summed E-state index contributed by atoms with van der Waals surface area (Å²) in [6.07, 6.45) is -0.758. The number of methoxy groups -OCH3 is 1. The Labute approximate surface area is 151 Å². The number of carbonyl (C=O) groups is 1. The molecule has 0 aromatic heterocycles. The molecule has 0 saturated carbocycles. The highest BCUT2D eigenvalue weighted by Gasteiger charge is 2.49. The third kappa shape index (κ3) is 2.86. The topological polar surface area (TPSA) is 82.1 Å². The Morgan fingerprint density at radius 1 is 1.19 bits per heavy atom. The van der Waals surface area contributed by atoms with E-state index in [1.54, 1.807) is 55.6 Å². The van der Waals surface area contributed by atoms with Crippen LogP contribution in [-0.2, 0) is 15.0 Å². The molecule has 2 heterocycles. The summed E-state index contributed by atoms with van der Waals surface area (Å²) in [5.41, 5.74) is 1.13. The van der Waals surface area contributed by atoms with Gasteiger partial charge in [-0.2, -0.15) is 8.42 Å². The lowest BCUT2D eigenvalue weighted by Crippen LogP contribution is -2.44. The van der Waals surface area contributed by atoms with E-state index >= 15 is 0 Å². The lowest BCUT2D eigenvalue weighted by molar-refractivity contribution is 0.0573. The normalized spacial score (nSPS) is 23.6. The molecule has 2 aliphatic rings. The smallest absolute Gasteiger partial charge is 0.388 e. The van der Waals surface area contributed by atoms with E-state index in [4.69, 9.17) is 13.7 Å². The van der Waals surface area contributed by atoms with Gasteiger partial charge in [-0.3, -0.25) is 4.79 Å². The Balaban J connectivity index is 1.58. The minimum Gasteiger partial charge on any atom is -0.497 e. The summed E-state index contributed by atoms with van der Waals surface area (Å²) >= 11 is 0. The van der Waals surface area contributed by atoms with Crippen LogP contribution in [0.5, 0.6) is 11.5 Å². The number of carbonyl (C=O) groups excluding carboxylic acids is 1. The number of hydrogen-bond donors (Lipinski definition) is 0. The van der Waals surface area contributed by atoms with Crippen molar-refractivity contribution in [3.05, 3.63) is 59.7 Å². The number of ketones is 1. The van der Waals surface area contributed by atoms with Crippen molar-refractivity contribution in [2.75, 3.05) is 13.7 Å². The second kappa shape index (κ2) is 6.39. The van der Waals surface area contributed by atoms with E-state index in [-0.39, 0.29) is 24.6 Å². The van der Waals surface area contributed by atoms with Crippen molar-refractivity contribution >= 4 is 16.1 Å². The first-order valence-corrected chi connectivity index (χ1v) is 9.47. The van der Waals surface area contributed by atoms with Gasteiger partial charge in [-0.15, -0.1) is 4.31 Å². The SMILES string of the molecule is COc1ccc(C(=O)C[C@@H]2CO[C@H]3c4ccccc4OS(=O)(=O)N23)cc1. The molecular formula is C18H17NO6S. The van der Waals surface area contributed by atoms with Crippen LogP contribution in [-0.4, -0.2) is 38.3 Å². The molecule has 0 N–H and O–H groups in total. The van der Waals surface area contributed by atoms with E-state index < -0.39 is 22.6 Å². The molecule has 8 heteroatoms. The summed E-state index contributed by atoms with van der Waals surface area (Å²) in [5, 5.41) is 0. The average Bonchev–Trinajstić information content (AvgIpc) is 3.06. The molecule has 26 heavy (non-hydrogen) atoms. The minimum absolute atomic E-state index is 0.00753. The fourth-order valence-corrected chi connectivity index (χ4v) is 4.62. The van der Waals surface area contributed by atoms with E-state index in [1.807, 2.05) is 0 Å². The Hall–Kier alpha value is -2.42. The number of hydrogen-bond acceptors (Lipinski definition) is 6. The molecule has 4 rings (SSSR count). The molecule has 1 fully saturated rings. The molecular weight excluding hydrogens is 358 g/mol. The Kier molecular flexibility index (Phi) is 4.18. The number of Topliss-reactive ketones (excluding diaryl/α,β-unsaturated/α-hetero) is 1. The maximum Gasteiger partial charge on any atom is 0.388 e. The quantitative estimate of drug-likeness (QED) is 0.763. The lowest BCUT2D eigenvalue weighted by Gasteiger charge is -2.31. The van der Waals surface area contributed by atoms with Crippen molar-refractivity contribution in [3.8, 4) is 11.5 Å². The van der Waals surface area contributed by atoms with Gasteiger partial charge in [0.2, 0.25) is 0 Å². The molecule has 7 nitrogen and oxygen atoms in total. The summed E-state index contributed by atoms with van der Waals surface area (Å²) in [4.78, 5) is 12.6. The number of para-hydroxylation sites is 1. The first-order valence-electron chi connectivity index (χ1n) is 8.10. The van der Waals surface area contributed by atoms with Gasteiger partial charge < -0.3 is 13.7 Å². The number of fused-ring (bicyclic) bond motifs is 3. The molecule has 2 aromatic rings. The molecule has 0 spiro atoms. The van der Waals surface area contributed by atoms with Crippen LogP contribution in [0.2, 0.25) is 0 Å². The van der Waals surface area contributed by atoms with Crippen molar-refractivity contribution < 1.29 is 26.9 Å². The minimum atomic E-state index is -4.03. The van der Waals surface area contributed by atoms with Crippen LogP contribution in [0, 0.1) is 0 Å². The lowest BCUT2D eigenvalue weighted by atomic mass is 10.0. The van der Waals surface area contributed by atoms with Gasteiger partial charge >= 0.3 is 10.3 Å². The Morgan fingerprint density at radius 3 is 2.65 bits per heavy atom. The monoisotopic (exact) mass is 375 g/mol. The maximum absolute atomic E-state index is 12.6. The van der Waals surface area contributed by atoms with Gasteiger partial charge in [0.1, 0.15) is 5.75 Å². The van der Waals surface area contributed by atoms with Gasteiger partial charge in [0.15, 0.2) is 17.8 Å². The van der Waals surface area contributed by atoms with Crippen molar-refractivity contribution in [1.82, 2.24) is 4.31 Å². The molecule has 0 unspecified atom stereocenters. The van der Waals surface area contributed by atoms with Crippen molar-refractivity contribution in [3.63, 3.8) is 0 Å². The Bertz CT molecular complexity index is 940. The standard InChI is InChI=1S/C18H17NO6S/c1-23-14-8-6-12(7-9-14)16(20)10-13-11-24-18-15-4-2-3-5-17(15)25-26(21,22)19(13)18/h2-9,13,18H,10-11H2,1H3/t13-,18+/m1/s1. The van der Waals surface area contributed by atoms with E-state index in [0.29, 0.717) is 16.9 Å².